The third-order valence-electron chi connectivity index (χ3n) is 5.36. The van der Waals surface area contributed by atoms with Crippen LogP contribution in [0.3, 0.4) is 0 Å². The van der Waals surface area contributed by atoms with Gasteiger partial charge in [-0.1, -0.05) is 0 Å². The van der Waals surface area contributed by atoms with E-state index >= 15 is 0 Å². The summed E-state index contributed by atoms with van der Waals surface area (Å²) in [6.07, 6.45) is 0.0280. The van der Waals surface area contributed by atoms with Crippen LogP contribution in [0.5, 0.6) is 5.75 Å². The van der Waals surface area contributed by atoms with Crippen LogP contribution in [-0.4, -0.2) is 48.9 Å². The van der Waals surface area contributed by atoms with Crippen LogP contribution in [-0.2, 0) is 20.7 Å². The van der Waals surface area contributed by atoms with Gasteiger partial charge in [-0.3, -0.25) is 19.3 Å². The lowest BCUT2D eigenvalue weighted by atomic mass is 10.1. The van der Waals surface area contributed by atoms with Crippen LogP contribution in [0.4, 0.5) is 11.4 Å². The smallest absolute Gasteiger partial charge is 0.268 e. The van der Waals surface area contributed by atoms with Crippen molar-refractivity contribution in [2.45, 2.75) is 26.4 Å². The summed E-state index contributed by atoms with van der Waals surface area (Å²) in [6, 6.07) is 12.1. The number of nitrogens with zero attached hydrogens (tertiary/aromatic N) is 2. The summed E-state index contributed by atoms with van der Waals surface area (Å²) in [6.45, 7) is 3.56. The van der Waals surface area contributed by atoms with Gasteiger partial charge in [0.15, 0.2) is 11.9 Å². The van der Waals surface area contributed by atoms with Crippen LogP contribution < -0.4 is 15.0 Å². The molecule has 0 fully saturated rings. The number of carbonyl (C=O) groups excluding carboxylic acids is 3. The second-order valence-electron chi connectivity index (χ2n) is 7.92. The largest absolute Gasteiger partial charge is 0.479 e. The van der Waals surface area contributed by atoms with Gasteiger partial charge in [0.1, 0.15) is 5.75 Å². The zero-order valence-corrected chi connectivity index (χ0v) is 20.0. The number of anilines is 2. The van der Waals surface area contributed by atoms with E-state index in [0.29, 0.717) is 29.3 Å². The molecule has 0 radical (unpaired) electrons. The third kappa shape index (κ3) is 5.16. The molecule has 8 nitrogen and oxygen atoms in total. The minimum Gasteiger partial charge on any atom is -0.479 e. The van der Waals surface area contributed by atoms with Gasteiger partial charge in [0.05, 0.1) is 29.5 Å². The van der Waals surface area contributed by atoms with Crippen molar-refractivity contribution in [1.29, 1.82) is 0 Å². The maximum absolute atomic E-state index is 13.0. The molecule has 1 atom stereocenters. The molecule has 34 heavy (non-hydrogen) atoms. The van der Waals surface area contributed by atoms with Crippen molar-refractivity contribution in [3.8, 4) is 17.0 Å². The molecule has 0 aliphatic carbocycles. The average molecular weight is 480 g/mol. The lowest BCUT2D eigenvalue weighted by Gasteiger charge is -2.33. The molecule has 1 aromatic heterocycles. The summed E-state index contributed by atoms with van der Waals surface area (Å²) >= 11 is 1.55. The van der Waals surface area contributed by atoms with Gasteiger partial charge in [-0.25, -0.2) is 4.98 Å². The van der Waals surface area contributed by atoms with Crippen molar-refractivity contribution < 1.29 is 23.9 Å². The van der Waals surface area contributed by atoms with E-state index < -0.39 is 6.10 Å². The Labute approximate surface area is 201 Å². The molecular formula is C25H25N3O5S. The number of hydrogen-bond acceptors (Lipinski definition) is 7. The Bertz CT molecular complexity index is 1220. The standard InChI is InChI=1S/C25H25N3O5S/c1-15-25(31)28(13-22(30)17-4-7-19(8-5-17)26-16(2)29)21-12-18(6-9-23(21)33-15)20-14-34-24(27-20)10-11-32-3/h4-9,12,14-15H,10-11,13H2,1-3H3,(H,26,29). The van der Waals surface area contributed by atoms with E-state index in [1.807, 2.05) is 23.6 Å². The molecule has 1 N–H and O–H groups in total. The first kappa shape index (κ1) is 23.6. The molecule has 176 valence electrons. The number of Topliss-reactive ketones (excluding diaryl/α,β-unsaturated/α-hetero) is 1. The molecule has 2 amide bonds. The summed E-state index contributed by atoms with van der Waals surface area (Å²) in [5.74, 6) is -0.152. The Hall–Kier alpha value is -3.56. The Morgan fingerprint density at radius 2 is 1.97 bits per heavy atom. The van der Waals surface area contributed by atoms with Crippen LogP contribution in [0.1, 0.15) is 29.2 Å². The molecule has 0 saturated heterocycles. The van der Waals surface area contributed by atoms with Crippen molar-refractivity contribution in [3.63, 3.8) is 0 Å². The van der Waals surface area contributed by atoms with E-state index in [2.05, 4.69) is 10.3 Å². The molecular weight excluding hydrogens is 454 g/mol. The van der Waals surface area contributed by atoms with E-state index in [0.717, 1.165) is 22.7 Å². The van der Waals surface area contributed by atoms with E-state index in [1.54, 1.807) is 49.6 Å². The van der Waals surface area contributed by atoms with Crippen LogP contribution in [0, 0.1) is 0 Å². The highest BCUT2D eigenvalue weighted by molar-refractivity contribution is 7.09. The number of thiazole rings is 1. The van der Waals surface area contributed by atoms with Gasteiger partial charge < -0.3 is 14.8 Å². The van der Waals surface area contributed by atoms with Crippen LogP contribution in [0.25, 0.3) is 11.3 Å². The van der Waals surface area contributed by atoms with Crippen LogP contribution >= 0.6 is 11.3 Å². The Kier molecular flexibility index (Phi) is 7.04. The number of nitrogens with one attached hydrogen (secondary N) is 1. The monoisotopic (exact) mass is 479 g/mol. The average Bonchev–Trinajstić information content (AvgIpc) is 3.29. The number of hydrogen-bond donors (Lipinski definition) is 1. The molecule has 0 bridgehead atoms. The van der Waals surface area contributed by atoms with Gasteiger partial charge in [0.2, 0.25) is 5.91 Å². The fraction of sp³-hybridized carbons (Fsp3) is 0.280. The van der Waals surface area contributed by atoms with Gasteiger partial charge in [0, 0.05) is 42.6 Å². The minimum absolute atomic E-state index is 0.126. The van der Waals surface area contributed by atoms with Crippen molar-refractivity contribution in [1.82, 2.24) is 4.98 Å². The number of benzene rings is 2. The molecule has 2 aromatic carbocycles. The fourth-order valence-electron chi connectivity index (χ4n) is 3.65. The Morgan fingerprint density at radius 3 is 2.68 bits per heavy atom. The Balaban J connectivity index is 1.59. The topological polar surface area (TPSA) is 97.8 Å². The van der Waals surface area contributed by atoms with Crippen LogP contribution in [0.15, 0.2) is 47.8 Å². The van der Waals surface area contributed by atoms with Gasteiger partial charge in [-0.05, 0) is 49.4 Å². The summed E-state index contributed by atoms with van der Waals surface area (Å²) in [7, 11) is 1.66. The maximum Gasteiger partial charge on any atom is 0.268 e. The number of ketones is 1. The highest BCUT2D eigenvalue weighted by Crippen LogP contribution is 2.38. The highest BCUT2D eigenvalue weighted by atomic mass is 32.1. The second-order valence-corrected chi connectivity index (χ2v) is 8.86. The predicted octanol–water partition coefficient (Wildman–Crippen LogP) is 3.95. The molecule has 1 unspecified atom stereocenters. The Morgan fingerprint density at radius 1 is 1.21 bits per heavy atom. The zero-order chi connectivity index (χ0) is 24.2. The molecule has 0 saturated carbocycles. The minimum atomic E-state index is -0.701. The highest BCUT2D eigenvalue weighted by Gasteiger charge is 2.33. The van der Waals surface area contributed by atoms with Crippen LogP contribution in [0.2, 0.25) is 0 Å². The normalized spacial score (nSPS) is 15.0. The molecule has 4 rings (SSSR count). The molecule has 2 heterocycles. The molecule has 3 aromatic rings. The molecule has 0 spiro atoms. The van der Waals surface area contributed by atoms with Crippen molar-refractivity contribution >= 4 is 40.3 Å². The first-order valence-corrected chi connectivity index (χ1v) is 11.7. The van der Waals surface area contributed by atoms with Gasteiger partial charge >= 0.3 is 0 Å². The van der Waals surface area contributed by atoms with Crippen molar-refractivity contribution in [3.05, 3.63) is 58.4 Å². The lowest BCUT2D eigenvalue weighted by Crippen LogP contribution is -2.46. The van der Waals surface area contributed by atoms with Gasteiger partial charge in [-0.15, -0.1) is 11.3 Å². The number of ether oxygens (including phenoxy) is 2. The summed E-state index contributed by atoms with van der Waals surface area (Å²) in [4.78, 5) is 43.3. The number of methoxy groups -OCH3 is 1. The van der Waals surface area contributed by atoms with E-state index in [-0.39, 0.29) is 24.1 Å². The van der Waals surface area contributed by atoms with E-state index in [4.69, 9.17) is 9.47 Å². The predicted molar refractivity (Wildman–Crippen MR) is 131 cm³/mol. The first-order chi connectivity index (χ1) is 16.4. The van der Waals surface area contributed by atoms with Gasteiger partial charge in [-0.2, -0.15) is 0 Å². The van der Waals surface area contributed by atoms with E-state index in [1.165, 1.54) is 11.8 Å². The summed E-state index contributed by atoms with van der Waals surface area (Å²) in [5, 5.41) is 5.60. The van der Waals surface area contributed by atoms with E-state index in [9.17, 15) is 14.4 Å². The van der Waals surface area contributed by atoms with Crippen molar-refractivity contribution in [2.24, 2.45) is 0 Å². The molecule has 9 heteroatoms. The first-order valence-electron chi connectivity index (χ1n) is 10.8. The quantitative estimate of drug-likeness (QED) is 0.491. The summed E-state index contributed by atoms with van der Waals surface area (Å²) in [5.41, 5.74) is 3.21. The number of carbonyl (C=O) groups is 3. The third-order valence-corrected chi connectivity index (χ3v) is 6.27. The summed E-state index contributed by atoms with van der Waals surface area (Å²) < 4.78 is 10.9. The number of amides is 2. The molecule has 1 aliphatic rings. The number of fused-ring (bicyclic) bond motifs is 1. The maximum atomic E-state index is 13.0. The van der Waals surface area contributed by atoms with Crippen molar-refractivity contribution in [2.75, 3.05) is 30.5 Å². The lowest BCUT2D eigenvalue weighted by molar-refractivity contribution is -0.125. The number of aromatic nitrogens is 1. The van der Waals surface area contributed by atoms with Gasteiger partial charge in [0.25, 0.3) is 5.91 Å². The second kappa shape index (κ2) is 10.1. The zero-order valence-electron chi connectivity index (χ0n) is 19.2. The SMILES string of the molecule is COCCc1nc(-c2ccc3c(c2)N(CC(=O)c2ccc(NC(C)=O)cc2)C(=O)C(C)O3)cs1. The molecule has 1 aliphatic heterocycles. The fourth-order valence-corrected chi connectivity index (χ4v) is 4.44. The number of rotatable bonds is 8.